The van der Waals surface area contributed by atoms with E-state index >= 15 is 0 Å². The molecule has 1 atom stereocenters. The number of pyridine rings is 1. The zero-order valence-electron chi connectivity index (χ0n) is 11.3. The largest absolute Gasteiger partial charge is 0.503 e. The molecule has 20 heavy (non-hydrogen) atoms. The summed E-state index contributed by atoms with van der Waals surface area (Å²) in [6, 6.07) is 10.9. The lowest BCUT2D eigenvalue weighted by atomic mass is 10.1. The SMILES string of the molecule is COc1ccnc(C(=O)N[C@H](C)c2ccccc2)c1O. The molecule has 0 bridgehead atoms. The number of amides is 1. The third-order valence-electron chi connectivity index (χ3n) is 2.97. The number of aromatic hydroxyl groups is 1. The van der Waals surface area contributed by atoms with Gasteiger partial charge in [-0.25, -0.2) is 4.98 Å². The number of methoxy groups -OCH3 is 1. The smallest absolute Gasteiger partial charge is 0.274 e. The average molecular weight is 272 g/mol. The van der Waals surface area contributed by atoms with Crippen molar-refractivity contribution in [3.8, 4) is 11.5 Å². The van der Waals surface area contributed by atoms with E-state index in [1.165, 1.54) is 19.4 Å². The molecule has 1 amide bonds. The van der Waals surface area contributed by atoms with Crippen LogP contribution in [-0.2, 0) is 0 Å². The maximum atomic E-state index is 12.1. The summed E-state index contributed by atoms with van der Waals surface area (Å²) in [7, 11) is 1.42. The van der Waals surface area contributed by atoms with Crippen molar-refractivity contribution in [2.45, 2.75) is 13.0 Å². The number of aromatic nitrogens is 1. The van der Waals surface area contributed by atoms with Crippen molar-refractivity contribution >= 4 is 5.91 Å². The van der Waals surface area contributed by atoms with Crippen LogP contribution in [0.5, 0.6) is 11.5 Å². The highest BCUT2D eigenvalue weighted by Gasteiger charge is 2.18. The first-order chi connectivity index (χ1) is 9.63. The molecule has 2 rings (SSSR count). The highest BCUT2D eigenvalue weighted by Crippen LogP contribution is 2.27. The van der Waals surface area contributed by atoms with Gasteiger partial charge in [-0.1, -0.05) is 30.3 Å². The Bertz CT molecular complexity index is 599. The first-order valence-electron chi connectivity index (χ1n) is 6.21. The van der Waals surface area contributed by atoms with E-state index in [-0.39, 0.29) is 23.2 Å². The molecule has 0 fully saturated rings. The highest BCUT2D eigenvalue weighted by atomic mass is 16.5. The van der Waals surface area contributed by atoms with Crippen LogP contribution >= 0.6 is 0 Å². The number of nitrogens with one attached hydrogen (secondary N) is 1. The standard InChI is InChI=1S/C15H16N2O3/c1-10(11-6-4-3-5-7-11)17-15(19)13-14(18)12(20-2)8-9-16-13/h3-10,18H,1-2H3,(H,17,19)/t10-/m1/s1. The van der Waals surface area contributed by atoms with Gasteiger partial charge in [-0.3, -0.25) is 4.79 Å². The molecule has 0 saturated heterocycles. The number of benzene rings is 1. The summed E-state index contributed by atoms with van der Waals surface area (Å²) >= 11 is 0. The fraction of sp³-hybridized carbons (Fsp3) is 0.200. The van der Waals surface area contributed by atoms with Gasteiger partial charge >= 0.3 is 0 Å². The number of carbonyl (C=O) groups is 1. The fourth-order valence-electron chi connectivity index (χ4n) is 1.86. The minimum absolute atomic E-state index is 0.0490. The predicted octanol–water partition coefficient (Wildman–Crippen LogP) is 2.29. The normalized spacial score (nSPS) is 11.7. The number of ether oxygens (including phenoxy) is 1. The topological polar surface area (TPSA) is 71.5 Å². The first kappa shape index (κ1) is 13.9. The number of carbonyl (C=O) groups excluding carboxylic acids is 1. The zero-order chi connectivity index (χ0) is 14.5. The molecule has 1 heterocycles. The lowest BCUT2D eigenvalue weighted by Crippen LogP contribution is -2.27. The molecule has 0 aliphatic heterocycles. The van der Waals surface area contributed by atoms with Crippen LogP contribution < -0.4 is 10.1 Å². The van der Waals surface area contributed by atoms with E-state index < -0.39 is 5.91 Å². The third kappa shape index (κ3) is 2.88. The van der Waals surface area contributed by atoms with Gasteiger partial charge in [-0.15, -0.1) is 0 Å². The first-order valence-corrected chi connectivity index (χ1v) is 6.21. The molecule has 0 aliphatic rings. The Morgan fingerprint density at radius 2 is 2.00 bits per heavy atom. The van der Waals surface area contributed by atoms with E-state index in [0.717, 1.165) is 5.56 Å². The molecule has 1 aromatic heterocycles. The second kappa shape index (κ2) is 6.06. The summed E-state index contributed by atoms with van der Waals surface area (Å²) < 4.78 is 4.96. The van der Waals surface area contributed by atoms with E-state index in [1.54, 1.807) is 0 Å². The lowest BCUT2D eigenvalue weighted by molar-refractivity contribution is 0.0931. The van der Waals surface area contributed by atoms with Gasteiger partial charge in [0, 0.05) is 12.3 Å². The van der Waals surface area contributed by atoms with Gasteiger partial charge in [0.2, 0.25) is 0 Å². The molecule has 0 radical (unpaired) electrons. The van der Waals surface area contributed by atoms with Crippen LogP contribution in [0.25, 0.3) is 0 Å². The molecule has 1 aromatic carbocycles. The lowest BCUT2D eigenvalue weighted by Gasteiger charge is -2.14. The Morgan fingerprint density at radius 1 is 1.30 bits per heavy atom. The van der Waals surface area contributed by atoms with E-state index in [9.17, 15) is 9.90 Å². The van der Waals surface area contributed by atoms with Crippen LogP contribution in [0.4, 0.5) is 0 Å². The van der Waals surface area contributed by atoms with Gasteiger partial charge in [0.25, 0.3) is 5.91 Å². The second-order valence-electron chi connectivity index (χ2n) is 4.32. The van der Waals surface area contributed by atoms with Crippen LogP contribution in [0.1, 0.15) is 29.0 Å². The molecule has 0 aliphatic carbocycles. The summed E-state index contributed by atoms with van der Waals surface area (Å²) in [4.78, 5) is 16.0. The van der Waals surface area contributed by atoms with Crippen LogP contribution in [0.3, 0.4) is 0 Å². The summed E-state index contributed by atoms with van der Waals surface area (Å²) in [6.07, 6.45) is 1.42. The van der Waals surface area contributed by atoms with Gasteiger partial charge < -0.3 is 15.2 Å². The zero-order valence-corrected chi connectivity index (χ0v) is 11.3. The Kier molecular flexibility index (Phi) is 4.20. The molecule has 5 heteroatoms. The molecule has 2 aromatic rings. The van der Waals surface area contributed by atoms with Crippen molar-refractivity contribution < 1.29 is 14.6 Å². The molecule has 0 unspecified atom stereocenters. The monoisotopic (exact) mass is 272 g/mol. The maximum absolute atomic E-state index is 12.1. The van der Waals surface area contributed by atoms with Gasteiger partial charge in [0.15, 0.2) is 17.2 Å². The number of nitrogens with zero attached hydrogens (tertiary/aromatic N) is 1. The van der Waals surface area contributed by atoms with Crippen molar-refractivity contribution in [2.24, 2.45) is 0 Å². The van der Waals surface area contributed by atoms with Gasteiger partial charge in [0.1, 0.15) is 0 Å². The highest BCUT2D eigenvalue weighted by molar-refractivity contribution is 5.95. The number of hydrogen-bond donors (Lipinski definition) is 2. The fourth-order valence-corrected chi connectivity index (χ4v) is 1.86. The van der Waals surface area contributed by atoms with E-state index in [4.69, 9.17) is 4.74 Å². The third-order valence-corrected chi connectivity index (χ3v) is 2.97. The Labute approximate surface area is 117 Å². The van der Waals surface area contributed by atoms with Crippen LogP contribution in [-0.4, -0.2) is 23.1 Å². The second-order valence-corrected chi connectivity index (χ2v) is 4.32. The van der Waals surface area contributed by atoms with Gasteiger partial charge in [-0.05, 0) is 12.5 Å². The molecule has 104 valence electrons. The summed E-state index contributed by atoms with van der Waals surface area (Å²) in [5.74, 6) is -0.483. The molecular weight excluding hydrogens is 256 g/mol. The van der Waals surface area contributed by atoms with Crippen molar-refractivity contribution in [1.29, 1.82) is 0 Å². The van der Waals surface area contributed by atoms with Crippen LogP contribution in [0.15, 0.2) is 42.6 Å². The molecule has 5 nitrogen and oxygen atoms in total. The van der Waals surface area contributed by atoms with E-state index in [0.29, 0.717) is 0 Å². The van der Waals surface area contributed by atoms with Crippen LogP contribution in [0.2, 0.25) is 0 Å². The van der Waals surface area contributed by atoms with E-state index in [2.05, 4.69) is 10.3 Å². The maximum Gasteiger partial charge on any atom is 0.274 e. The minimum Gasteiger partial charge on any atom is -0.503 e. The minimum atomic E-state index is -0.447. The molecular formula is C15H16N2O3. The van der Waals surface area contributed by atoms with Crippen molar-refractivity contribution in [1.82, 2.24) is 10.3 Å². The predicted molar refractivity (Wildman–Crippen MR) is 74.8 cm³/mol. The summed E-state index contributed by atoms with van der Waals surface area (Å²) in [5.41, 5.74) is 0.926. The van der Waals surface area contributed by atoms with E-state index in [1.807, 2.05) is 37.3 Å². The number of rotatable bonds is 4. The summed E-state index contributed by atoms with van der Waals surface area (Å²) in [5, 5.41) is 12.7. The van der Waals surface area contributed by atoms with Crippen molar-refractivity contribution in [3.63, 3.8) is 0 Å². The Balaban J connectivity index is 2.17. The molecule has 0 spiro atoms. The average Bonchev–Trinajstić information content (AvgIpc) is 2.48. The Morgan fingerprint density at radius 3 is 2.65 bits per heavy atom. The van der Waals surface area contributed by atoms with Gasteiger partial charge in [-0.2, -0.15) is 0 Å². The summed E-state index contributed by atoms with van der Waals surface area (Å²) in [6.45, 7) is 1.87. The quantitative estimate of drug-likeness (QED) is 0.895. The molecule has 0 saturated carbocycles. The Hall–Kier alpha value is -2.56. The van der Waals surface area contributed by atoms with Gasteiger partial charge in [0.05, 0.1) is 13.2 Å². The molecule has 2 N–H and O–H groups in total. The van der Waals surface area contributed by atoms with Crippen molar-refractivity contribution in [2.75, 3.05) is 7.11 Å². The van der Waals surface area contributed by atoms with Crippen LogP contribution in [0, 0.1) is 0 Å². The van der Waals surface area contributed by atoms with Crippen molar-refractivity contribution in [3.05, 3.63) is 53.9 Å². The number of hydrogen-bond acceptors (Lipinski definition) is 4.